The quantitative estimate of drug-likeness (QED) is 0.617. The zero-order valence-corrected chi connectivity index (χ0v) is 14.1. The van der Waals surface area contributed by atoms with Crippen LogP contribution in [-0.4, -0.2) is 37.3 Å². The highest BCUT2D eigenvalue weighted by molar-refractivity contribution is 8.00. The average Bonchev–Trinajstić information content (AvgIpc) is 2.91. The van der Waals surface area contributed by atoms with Crippen molar-refractivity contribution in [1.29, 1.82) is 0 Å². The average molecular weight is 329 g/mol. The Kier molecular flexibility index (Phi) is 5.96. The fourth-order valence-electron chi connectivity index (χ4n) is 2.69. The predicted molar refractivity (Wildman–Crippen MR) is 90.0 cm³/mol. The van der Waals surface area contributed by atoms with Crippen LogP contribution < -0.4 is 5.73 Å². The maximum Gasteiger partial charge on any atom is 0.214 e. The monoisotopic (exact) mass is 328 g/mol. The largest absolute Gasteiger partial charge is 0.398 e. The summed E-state index contributed by atoms with van der Waals surface area (Å²) in [7, 11) is -3.12. The lowest BCUT2D eigenvalue weighted by atomic mass is 10.0. The van der Waals surface area contributed by atoms with E-state index in [0.29, 0.717) is 30.4 Å². The Labute approximate surface area is 132 Å². The van der Waals surface area contributed by atoms with Crippen LogP contribution in [-0.2, 0) is 10.0 Å². The summed E-state index contributed by atoms with van der Waals surface area (Å²) in [5.74, 6) is 1.28. The second-order valence-electron chi connectivity index (χ2n) is 5.50. The summed E-state index contributed by atoms with van der Waals surface area (Å²) in [6.45, 7) is 3.54. The maximum atomic E-state index is 12.3. The first kappa shape index (κ1) is 16.6. The van der Waals surface area contributed by atoms with E-state index < -0.39 is 10.0 Å². The van der Waals surface area contributed by atoms with Crippen molar-refractivity contribution in [3.05, 3.63) is 24.3 Å². The summed E-state index contributed by atoms with van der Waals surface area (Å²) < 4.78 is 26.3. The van der Waals surface area contributed by atoms with E-state index in [0.717, 1.165) is 24.2 Å². The summed E-state index contributed by atoms with van der Waals surface area (Å²) in [4.78, 5) is 0.956. The van der Waals surface area contributed by atoms with Crippen molar-refractivity contribution in [2.24, 2.45) is 5.92 Å². The van der Waals surface area contributed by atoms with Crippen LogP contribution in [0.15, 0.2) is 29.2 Å². The molecule has 1 aliphatic heterocycles. The number of nitrogens with two attached hydrogens (primary N) is 1. The number of hydrogen-bond acceptors (Lipinski definition) is 4. The van der Waals surface area contributed by atoms with E-state index in [-0.39, 0.29) is 5.75 Å². The highest BCUT2D eigenvalue weighted by Gasteiger charge is 2.30. The molecule has 2 N–H and O–H groups in total. The SMILES string of the molecule is CCCC1CCN(S(=O)(=O)CCSc2ccccc2N)C1. The normalized spacial score (nSPS) is 20.0. The molecule has 4 nitrogen and oxygen atoms in total. The van der Waals surface area contributed by atoms with E-state index in [4.69, 9.17) is 5.73 Å². The zero-order chi connectivity index (χ0) is 15.3. The fraction of sp³-hybridized carbons (Fsp3) is 0.600. The highest BCUT2D eigenvalue weighted by atomic mass is 32.2. The Morgan fingerprint density at radius 2 is 2.14 bits per heavy atom. The van der Waals surface area contributed by atoms with Crippen LogP contribution in [0, 0.1) is 5.92 Å². The zero-order valence-electron chi connectivity index (χ0n) is 12.5. The summed E-state index contributed by atoms with van der Waals surface area (Å²) in [6.07, 6.45) is 3.26. The Morgan fingerprint density at radius 3 is 2.86 bits per heavy atom. The molecule has 0 saturated carbocycles. The van der Waals surface area contributed by atoms with Gasteiger partial charge < -0.3 is 5.73 Å². The fourth-order valence-corrected chi connectivity index (χ4v) is 5.58. The number of nitrogen functional groups attached to an aromatic ring is 1. The van der Waals surface area contributed by atoms with Gasteiger partial charge in [0.15, 0.2) is 0 Å². The van der Waals surface area contributed by atoms with Gasteiger partial charge in [-0.25, -0.2) is 12.7 Å². The summed E-state index contributed by atoms with van der Waals surface area (Å²) >= 11 is 1.51. The van der Waals surface area contributed by atoms with Crippen LogP contribution in [0.2, 0.25) is 0 Å². The van der Waals surface area contributed by atoms with E-state index in [1.54, 1.807) is 4.31 Å². The first-order valence-corrected chi connectivity index (χ1v) is 10.1. The molecule has 0 aromatic heterocycles. The van der Waals surface area contributed by atoms with Crippen molar-refractivity contribution in [3.8, 4) is 0 Å². The van der Waals surface area contributed by atoms with Crippen LogP contribution in [0.5, 0.6) is 0 Å². The van der Waals surface area contributed by atoms with Gasteiger partial charge in [-0.1, -0.05) is 25.5 Å². The lowest BCUT2D eigenvalue weighted by Gasteiger charge is -2.16. The van der Waals surface area contributed by atoms with Gasteiger partial charge in [0.2, 0.25) is 10.0 Å². The number of hydrogen-bond donors (Lipinski definition) is 1. The van der Waals surface area contributed by atoms with Crippen LogP contribution in [0.4, 0.5) is 5.69 Å². The smallest absolute Gasteiger partial charge is 0.214 e. The van der Waals surface area contributed by atoms with E-state index in [9.17, 15) is 8.42 Å². The molecule has 1 unspecified atom stereocenters. The lowest BCUT2D eigenvalue weighted by Crippen LogP contribution is -2.31. The Bertz CT molecular complexity index is 561. The van der Waals surface area contributed by atoms with Gasteiger partial charge in [-0.05, 0) is 30.9 Å². The molecule has 1 fully saturated rings. The van der Waals surface area contributed by atoms with Crippen molar-refractivity contribution < 1.29 is 8.42 Å². The molecule has 118 valence electrons. The number of anilines is 1. The van der Waals surface area contributed by atoms with Gasteiger partial charge in [0.1, 0.15) is 0 Å². The summed E-state index contributed by atoms with van der Waals surface area (Å²) in [6, 6.07) is 7.57. The van der Waals surface area contributed by atoms with E-state index in [2.05, 4.69) is 6.92 Å². The molecule has 21 heavy (non-hydrogen) atoms. The molecule has 6 heteroatoms. The number of nitrogens with zero attached hydrogens (tertiary/aromatic N) is 1. The number of sulfonamides is 1. The third-order valence-corrected chi connectivity index (χ3v) is 7.04. The van der Waals surface area contributed by atoms with Gasteiger partial charge in [-0.2, -0.15) is 0 Å². The molecule has 1 atom stereocenters. The van der Waals surface area contributed by atoms with E-state index in [1.807, 2.05) is 24.3 Å². The third-order valence-electron chi connectivity index (χ3n) is 3.86. The second kappa shape index (κ2) is 7.51. The molecule has 1 heterocycles. The first-order chi connectivity index (χ1) is 10.0. The summed E-state index contributed by atoms with van der Waals surface area (Å²) in [5, 5.41) is 0. The van der Waals surface area contributed by atoms with Crippen LogP contribution in [0.1, 0.15) is 26.2 Å². The maximum absolute atomic E-state index is 12.3. The summed E-state index contributed by atoms with van der Waals surface area (Å²) in [5.41, 5.74) is 6.58. The molecule has 0 aliphatic carbocycles. The van der Waals surface area contributed by atoms with Crippen molar-refractivity contribution in [2.45, 2.75) is 31.1 Å². The molecule has 0 amide bonds. The van der Waals surface area contributed by atoms with Crippen molar-refractivity contribution in [2.75, 3.05) is 30.3 Å². The highest BCUT2D eigenvalue weighted by Crippen LogP contribution is 2.27. The van der Waals surface area contributed by atoms with Gasteiger partial charge in [0.25, 0.3) is 0 Å². The lowest BCUT2D eigenvalue weighted by molar-refractivity contribution is 0.445. The molecule has 1 aromatic rings. The first-order valence-electron chi connectivity index (χ1n) is 7.48. The number of para-hydroxylation sites is 1. The minimum absolute atomic E-state index is 0.185. The molecular formula is C15H24N2O2S2. The van der Waals surface area contributed by atoms with Gasteiger partial charge in [0.05, 0.1) is 5.75 Å². The van der Waals surface area contributed by atoms with Crippen LogP contribution in [0.25, 0.3) is 0 Å². The van der Waals surface area contributed by atoms with Crippen molar-refractivity contribution in [1.82, 2.24) is 4.31 Å². The molecule has 1 aliphatic rings. The van der Waals surface area contributed by atoms with E-state index >= 15 is 0 Å². The van der Waals surface area contributed by atoms with Crippen LogP contribution in [0.3, 0.4) is 0 Å². The number of benzene rings is 1. The van der Waals surface area contributed by atoms with E-state index in [1.165, 1.54) is 11.8 Å². The molecule has 1 saturated heterocycles. The van der Waals surface area contributed by atoms with Gasteiger partial charge in [0, 0.05) is 29.4 Å². The van der Waals surface area contributed by atoms with Crippen LogP contribution >= 0.6 is 11.8 Å². The van der Waals surface area contributed by atoms with Crippen molar-refractivity contribution >= 4 is 27.5 Å². The molecule has 1 aromatic carbocycles. The van der Waals surface area contributed by atoms with Gasteiger partial charge in [-0.3, -0.25) is 0 Å². The molecule has 0 radical (unpaired) electrons. The topological polar surface area (TPSA) is 63.4 Å². The molecular weight excluding hydrogens is 304 g/mol. The minimum Gasteiger partial charge on any atom is -0.398 e. The molecule has 2 rings (SSSR count). The minimum atomic E-state index is -3.12. The Morgan fingerprint density at radius 1 is 1.38 bits per heavy atom. The number of rotatable bonds is 7. The van der Waals surface area contributed by atoms with Gasteiger partial charge >= 0.3 is 0 Å². The number of thioether (sulfide) groups is 1. The third kappa shape index (κ3) is 4.63. The predicted octanol–water partition coefficient (Wildman–Crippen LogP) is 2.81. The standard InChI is InChI=1S/C15H24N2O2S2/c1-2-5-13-8-9-17(12-13)21(18,19)11-10-20-15-7-4-3-6-14(15)16/h3-4,6-7,13H,2,5,8-12,16H2,1H3. The molecule has 0 spiro atoms. The molecule has 0 bridgehead atoms. The second-order valence-corrected chi connectivity index (χ2v) is 8.73. The Hall–Kier alpha value is -0.720. The van der Waals surface area contributed by atoms with Gasteiger partial charge in [-0.15, -0.1) is 11.8 Å². The Balaban J connectivity index is 1.83. The van der Waals surface area contributed by atoms with Crippen molar-refractivity contribution in [3.63, 3.8) is 0 Å².